The van der Waals surface area contributed by atoms with Gasteiger partial charge in [0.1, 0.15) is 5.69 Å². The molecule has 0 spiro atoms. The molecular weight excluding hydrogens is 759 g/mol. The number of hydrogen-bond acceptors (Lipinski definition) is 6. The first-order chi connectivity index (χ1) is 29.2. The van der Waals surface area contributed by atoms with Crippen molar-refractivity contribution in [2.45, 2.75) is 0 Å². The quantitative estimate of drug-likeness (QED) is 0.168. The fraction of sp³-hybridized carbons (Fsp3) is 0. The summed E-state index contributed by atoms with van der Waals surface area (Å²) in [5.41, 5.74) is 9.09. The molecule has 4 heterocycles. The van der Waals surface area contributed by atoms with Gasteiger partial charge < -0.3 is 0 Å². The van der Waals surface area contributed by atoms with Crippen LogP contribution < -0.4 is 0 Å². The molecule has 12 rings (SSSR count). The second-order valence-corrected chi connectivity index (χ2v) is 16.7. The highest BCUT2D eigenvalue weighted by atomic mass is 32.1. The van der Waals surface area contributed by atoms with E-state index in [1.807, 2.05) is 10.7 Å². The lowest BCUT2D eigenvalue weighted by molar-refractivity contribution is 0.915. The lowest BCUT2D eigenvalue weighted by atomic mass is 10.00. The van der Waals surface area contributed by atoms with Gasteiger partial charge in [0, 0.05) is 68.0 Å². The van der Waals surface area contributed by atoms with Crippen molar-refractivity contribution in [2.24, 2.45) is 0 Å². The number of benzene rings is 8. The van der Waals surface area contributed by atoms with Crippen LogP contribution in [0.4, 0.5) is 0 Å². The van der Waals surface area contributed by atoms with Crippen molar-refractivity contribution in [3.8, 4) is 62.2 Å². The van der Waals surface area contributed by atoms with Crippen LogP contribution in [0.25, 0.3) is 113 Å². The molecule has 7 heteroatoms. The zero-order chi connectivity index (χ0) is 38.9. The average molecular weight is 790 g/mol. The zero-order valence-corrected chi connectivity index (χ0v) is 33.1. The molecule has 0 saturated carbocycles. The Labute approximate surface area is 347 Å². The summed E-state index contributed by atoms with van der Waals surface area (Å²) >= 11 is 3.57. The molecule has 0 aliphatic rings. The van der Waals surface area contributed by atoms with E-state index in [1.54, 1.807) is 22.7 Å². The van der Waals surface area contributed by atoms with E-state index < -0.39 is 0 Å². The van der Waals surface area contributed by atoms with Crippen molar-refractivity contribution in [2.75, 3.05) is 0 Å². The SMILES string of the molecule is c1ccc(-c2ccc3c(c2)c(-c2cccc(-c4nc(-c5cccc6c5sc5ccccc56)nc(-c5cccc6c5sc5ccccc56)n4)c2)nn3-c2ccccc2)cc1. The minimum atomic E-state index is 0.611. The lowest BCUT2D eigenvalue weighted by Gasteiger charge is -2.10. The van der Waals surface area contributed by atoms with Crippen molar-refractivity contribution in [3.05, 3.63) is 188 Å². The van der Waals surface area contributed by atoms with Gasteiger partial charge in [0.25, 0.3) is 0 Å². The molecule has 0 radical (unpaired) electrons. The minimum Gasteiger partial charge on any atom is -0.232 e. The van der Waals surface area contributed by atoms with Gasteiger partial charge >= 0.3 is 0 Å². The number of para-hydroxylation sites is 1. The average Bonchev–Trinajstić information content (AvgIpc) is 4.01. The lowest BCUT2D eigenvalue weighted by Crippen LogP contribution is -2.00. The van der Waals surface area contributed by atoms with Crippen LogP contribution in [0.15, 0.2) is 188 Å². The van der Waals surface area contributed by atoms with Crippen LogP contribution in [0.3, 0.4) is 0 Å². The van der Waals surface area contributed by atoms with E-state index in [2.05, 4.69) is 182 Å². The van der Waals surface area contributed by atoms with Gasteiger partial charge in [-0.25, -0.2) is 19.6 Å². The third-order valence-corrected chi connectivity index (χ3v) is 13.5. The molecule has 276 valence electrons. The first kappa shape index (κ1) is 33.8. The molecule has 5 nitrogen and oxygen atoms in total. The molecular formula is C52H31N5S2. The molecule has 0 N–H and O–H groups in total. The highest BCUT2D eigenvalue weighted by Gasteiger charge is 2.21. The summed E-state index contributed by atoms with van der Waals surface area (Å²) in [5.74, 6) is 1.91. The van der Waals surface area contributed by atoms with Crippen molar-refractivity contribution in [1.29, 1.82) is 0 Å². The van der Waals surface area contributed by atoms with E-state index in [1.165, 1.54) is 30.9 Å². The molecule has 4 aromatic heterocycles. The summed E-state index contributed by atoms with van der Waals surface area (Å²) in [5, 5.41) is 11.3. The van der Waals surface area contributed by atoms with Crippen LogP contribution in [-0.4, -0.2) is 24.7 Å². The standard InChI is InChI=1S/C52H31N5S2/c1-3-14-32(15-4-1)33-28-29-44-43(31-33)47(56-57(44)36-18-5-2-6-19-36)34-16-11-17-35(30-34)50-53-51(41-24-12-22-39-37-20-7-9-26-45(37)58-48(39)41)55-52(54-50)42-25-13-23-40-38-21-8-10-27-46(38)59-49(40)42/h1-31H. The summed E-state index contributed by atoms with van der Waals surface area (Å²) in [4.78, 5) is 15.9. The van der Waals surface area contributed by atoms with E-state index in [-0.39, 0.29) is 0 Å². The molecule has 0 bridgehead atoms. The smallest absolute Gasteiger partial charge is 0.165 e. The monoisotopic (exact) mass is 789 g/mol. The highest BCUT2D eigenvalue weighted by molar-refractivity contribution is 7.26. The van der Waals surface area contributed by atoms with Crippen LogP contribution in [0, 0.1) is 0 Å². The van der Waals surface area contributed by atoms with Crippen LogP contribution in [0.2, 0.25) is 0 Å². The van der Waals surface area contributed by atoms with E-state index >= 15 is 0 Å². The first-order valence-corrected chi connectivity index (χ1v) is 21.2. The van der Waals surface area contributed by atoms with Gasteiger partial charge in [0.15, 0.2) is 17.5 Å². The summed E-state index contributed by atoms with van der Waals surface area (Å²) in [6, 6.07) is 66.0. The molecule has 0 amide bonds. The Balaban J connectivity index is 1.08. The van der Waals surface area contributed by atoms with Gasteiger partial charge in [0.05, 0.1) is 11.2 Å². The maximum absolute atomic E-state index is 5.31. The summed E-state index contributed by atoms with van der Waals surface area (Å²) in [7, 11) is 0. The molecule has 0 fully saturated rings. The van der Waals surface area contributed by atoms with Crippen LogP contribution in [0.5, 0.6) is 0 Å². The Bertz CT molecular complexity index is 3430. The Morgan fingerprint density at radius 1 is 0.356 bits per heavy atom. The van der Waals surface area contributed by atoms with Gasteiger partial charge in [0.2, 0.25) is 0 Å². The molecule has 0 saturated heterocycles. The molecule has 0 aliphatic heterocycles. The fourth-order valence-corrected chi connectivity index (χ4v) is 10.7. The molecule has 59 heavy (non-hydrogen) atoms. The Kier molecular flexibility index (Phi) is 7.82. The summed E-state index contributed by atoms with van der Waals surface area (Å²) in [6.07, 6.45) is 0. The number of hydrogen-bond donors (Lipinski definition) is 0. The topological polar surface area (TPSA) is 56.5 Å². The molecule has 0 atom stereocenters. The number of thiophene rings is 2. The van der Waals surface area contributed by atoms with E-state index in [0.29, 0.717) is 17.5 Å². The minimum absolute atomic E-state index is 0.611. The maximum atomic E-state index is 5.31. The van der Waals surface area contributed by atoms with Gasteiger partial charge in [-0.05, 0) is 65.7 Å². The summed E-state index contributed by atoms with van der Waals surface area (Å²) < 4.78 is 6.85. The Morgan fingerprint density at radius 3 is 1.54 bits per heavy atom. The highest BCUT2D eigenvalue weighted by Crippen LogP contribution is 2.42. The number of fused-ring (bicyclic) bond motifs is 7. The van der Waals surface area contributed by atoms with Gasteiger partial charge in [-0.1, -0.05) is 133 Å². The molecule has 8 aromatic carbocycles. The second kappa shape index (κ2) is 13.7. The molecule has 0 unspecified atom stereocenters. The number of nitrogens with zero attached hydrogens (tertiary/aromatic N) is 5. The number of rotatable bonds is 6. The van der Waals surface area contributed by atoms with Crippen LogP contribution in [0.1, 0.15) is 0 Å². The normalized spacial score (nSPS) is 11.7. The molecule has 12 aromatic rings. The second-order valence-electron chi connectivity index (χ2n) is 14.6. The van der Waals surface area contributed by atoms with Crippen molar-refractivity contribution < 1.29 is 0 Å². The van der Waals surface area contributed by atoms with Gasteiger partial charge in [-0.2, -0.15) is 5.10 Å². The number of aromatic nitrogens is 5. The first-order valence-electron chi connectivity index (χ1n) is 19.6. The van der Waals surface area contributed by atoms with E-state index in [0.717, 1.165) is 65.1 Å². The van der Waals surface area contributed by atoms with Crippen molar-refractivity contribution in [3.63, 3.8) is 0 Å². The summed E-state index contributed by atoms with van der Waals surface area (Å²) in [6.45, 7) is 0. The van der Waals surface area contributed by atoms with Crippen LogP contribution >= 0.6 is 22.7 Å². The third-order valence-electron chi connectivity index (χ3n) is 11.1. The van der Waals surface area contributed by atoms with Gasteiger partial charge in [-0.15, -0.1) is 22.7 Å². The third kappa shape index (κ3) is 5.66. The maximum Gasteiger partial charge on any atom is 0.165 e. The fourth-order valence-electron chi connectivity index (χ4n) is 8.31. The van der Waals surface area contributed by atoms with Crippen molar-refractivity contribution >= 4 is 73.9 Å². The predicted octanol–water partition coefficient (Wildman–Crippen LogP) is 14.3. The van der Waals surface area contributed by atoms with Crippen molar-refractivity contribution in [1.82, 2.24) is 24.7 Å². The zero-order valence-electron chi connectivity index (χ0n) is 31.5. The Morgan fingerprint density at radius 2 is 0.881 bits per heavy atom. The molecule has 0 aliphatic carbocycles. The van der Waals surface area contributed by atoms with E-state index in [9.17, 15) is 0 Å². The largest absolute Gasteiger partial charge is 0.232 e. The predicted molar refractivity (Wildman–Crippen MR) is 247 cm³/mol. The van der Waals surface area contributed by atoms with Crippen LogP contribution in [-0.2, 0) is 0 Å². The van der Waals surface area contributed by atoms with E-state index in [4.69, 9.17) is 20.1 Å². The Hall–Kier alpha value is -7.32. The van der Waals surface area contributed by atoms with Gasteiger partial charge in [-0.3, -0.25) is 0 Å².